The van der Waals surface area contributed by atoms with Gasteiger partial charge in [0.15, 0.2) is 6.61 Å². The molecule has 1 aromatic rings. The van der Waals surface area contributed by atoms with Crippen molar-refractivity contribution >= 4 is 11.9 Å². The Kier molecular flexibility index (Phi) is 7.53. The molecule has 1 fully saturated rings. The molecule has 7 nitrogen and oxygen atoms in total. The summed E-state index contributed by atoms with van der Waals surface area (Å²) < 4.78 is 10.6. The number of amides is 3. The van der Waals surface area contributed by atoms with Gasteiger partial charge in [0.1, 0.15) is 5.75 Å². The van der Waals surface area contributed by atoms with Crippen molar-refractivity contribution in [3.63, 3.8) is 0 Å². The highest BCUT2D eigenvalue weighted by Crippen LogP contribution is 2.09. The Balaban J connectivity index is 1.73. The van der Waals surface area contributed by atoms with Gasteiger partial charge in [-0.05, 0) is 18.6 Å². The van der Waals surface area contributed by atoms with Gasteiger partial charge in [0.2, 0.25) is 0 Å². The van der Waals surface area contributed by atoms with Crippen molar-refractivity contribution in [3.05, 3.63) is 30.3 Å². The van der Waals surface area contributed by atoms with Crippen LogP contribution in [0.5, 0.6) is 5.75 Å². The average Bonchev–Trinajstić information content (AvgIpc) is 2.66. The fraction of sp³-hybridized carbons (Fsp3) is 0.556. The molecule has 1 saturated heterocycles. The summed E-state index contributed by atoms with van der Waals surface area (Å²) in [5.74, 6) is 0.618. The monoisotopic (exact) mass is 349 g/mol. The van der Waals surface area contributed by atoms with Gasteiger partial charge in [-0.3, -0.25) is 4.79 Å². The summed E-state index contributed by atoms with van der Waals surface area (Å²) in [6, 6.07) is 9.18. The lowest BCUT2D eigenvalue weighted by Crippen LogP contribution is -2.55. The van der Waals surface area contributed by atoms with Crippen LogP contribution in [0.25, 0.3) is 0 Å². The van der Waals surface area contributed by atoms with E-state index in [1.807, 2.05) is 37.3 Å². The summed E-state index contributed by atoms with van der Waals surface area (Å²) in [6.45, 7) is 4.60. The molecule has 0 bridgehead atoms. The van der Waals surface area contributed by atoms with Crippen LogP contribution in [0.15, 0.2) is 30.3 Å². The van der Waals surface area contributed by atoms with E-state index >= 15 is 0 Å². The SMILES string of the molecule is CC[C@H](COC)NC(=O)N1CCN(C(=O)COc2ccccc2)CC1. The molecule has 1 heterocycles. The molecular weight excluding hydrogens is 322 g/mol. The molecule has 25 heavy (non-hydrogen) atoms. The van der Waals surface area contributed by atoms with Crippen molar-refractivity contribution < 1.29 is 19.1 Å². The van der Waals surface area contributed by atoms with Crippen LogP contribution >= 0.6 is 0 Å². The second-order valence-electron chi connectivity index (χ2n) is 5.98. The third-order valence-corrected chi connectivity index (χ3v) is 4.21. The molecule has 0 aliphatic carbocycles. The summed E-state index contributed by atoms with van der Waals surface area (Å²) in [6.07, 6.45) is 0.814. The van der Waals surface area contributed by atoms with Crippen LogP contribution in [0.4, 0.5) is 4.79 Å². The molecule has 0 spiro atoms. The number of hydrogen-bond donors (Lipinski definition) is 1. The van der Waals surface area contributed by atoms with Crippen LogP contribution in [0.2, 0.25) is 0 Å². The lowest BCUT2D eigenvalue weighted by Gasteiger charge is -2.35. The highest BCUT2D eigenvalue weighted by molar-refractivity contribution is 5.79. The Morgan fingerprint density at radius 2 is 1.76 bits per heavy atom. The number of piperazine rings is 1. The summed E-state index contributed by atoms with van der Waals surface area (Å²) in [7, 11) is 1.62. The maximum atomic E-state index is 12.3. The fourth-order valence-electron chi connectivity index (χ4n) is 2.64. The quantitative estimate of drug-likeness (QED) is 0.806. The molecule has 0 radical (unpaired) electrons. The molecule has 1 N–H and O–H groups in total. The normalized spacial score (nSPS) is 15.6. The Morgan fingerprint density at radius 1 is 1.12 bits per heavy atom. The first-order chi connectivity index (χ1) is 12.1. The highest BCUT2D eigenvalue weighted by Gasteiger charge is 2.25. The van der Waals surface area contributed by atoms with Gasteiger partial charge in [-0.25, -0.2) is 4.79 Å². The van der Waals surface area contributed by atoms with Gasteiger partial charge in [-0.1, -0.05) is 25.1 Å². The predicted molar refractivity (Wildman–Crippen MR) is 94.6 cm³/mol. The van der Waals surface area contributed by atoms with E-state index in [2.05, 4.69) is 5.32 Å². The first kappa shape index (κ1) is 19.1. The second kappa shape index (κ2) is 9.88. The summed E-state index contributed by atoms with van der Waals surface area (Å²) in [4.78, 5) is 28.0. The number of methoxy groups -OCH3 is 1. The molecule has 0 saturated carbocycles. The average molecular weight is 349 g/mol. The summed E-state index contributed by atoms with van der Waals surface area (Å²) >= 11 is 0. The van der Waals surface area contributed by atoms with Gasteiger partial charge in [-0.2, -0.15) is 0 Å². The van der Waals surface area contributed by atoms with Crippen LogP contribution in [0, 0.1) is 0 Å². The van der Waals surface area contributed by atoms with Gasteiger partial charge in [0.05, 0.1) is 12.6 Å². The number of nitrogens with zero attached hydrogens (tertiary/aromatic N) is 2. The molecule has 2 rings (SSSR count). The Hall–Kier alpha value is -2.28. The zero-order valence-electron chi connectivity index (χ0n) is 14.9. The Labute approximate surface area is 148 Å². The van der Waals surface area contributed by atoms with E-state index in [9.17, 15) is 9.59 Å². The molecule has 7 heteroatoms. The number of carbonyl (C=O) groups is 2. The number of ether oxygens (including phenoxy) is 2. The highest BCUT2D eigenvalue weighted by atomic mass is 16.5. The lowest BCUT2D eigenvalue weighted by molar-refractivity contribution is -0.134. The maximum absolute atomic E-state index is 12.3. The summed E-state index contributed by atoms with van der Waals surface area (Å²) in [5.41, 5.74) is 0. The molecule has 1 aliphatic rings. The van der Waals surface area contributed by atoms with E-state index < -0.39 is 0 Å². The van der Waals surface area contributed by atoms with Crippen molar-refractivity contribution in [3.8, 4) is 5.75 Å². The zero-order valence-corrected chi connectivity index (χ0v) is 14.9. The van der Waals surface area contributed by atoms with Crippen LogP contribution < -0.4 is 10.1 Å². The van der Waals surface area contributed by atoms with Gasteiger partial charge < -0.3 is 24.6 Å². The molecule has 0 unspecified atom stereocenters. The largest absolute Gasteiger partial charge is 0.484 e. The molecule has 1 aromatic carbocycles. The van der Waals surface area contributed by atoms with E-state index in [0.29, 0.717) is 38.5 Å². The third-order valence-electron chi connectivity index (χ3n) is 4.21. The van der Waals surface area contributed by atoms with Crippen molar-refractivity contribution in [2.24, 2.45) is 0 Å². The van der Waals surface area contributed by atoms with E-state index in [4.69, 9.17) is 9.47 Å². The Morgan fingerprint density at radius 3 is 2.36 bits per heavy atom. The van der Waals surface area contributed by atoms with Gasteiger partial charge in [0, 0.05) is 33.3 Å². The second-order valence-corrected chi connectivity index (χ2v) is 5.98. The zero-order chi connectivity index (χ0) is 18.1. The minimum Gasteiger partial charge on any atom is -0.484 e. The van der Waals surface area contributed by atoms with Crippen molar-refractivity contribution in [2.45, 2.75) is 19.4 Å². The van der Waals surface area contributed by atoms with E-state index in [0.717, 1.165) is 6.42 Å². The van der Waals surface area contributed by atoms with Crippen molar-refractivity contribution in [1.29, 1.82) is 0 Å². The number of nitrogens with one attached hydrogen (secondary N) is 1. The number of para-hydroxylation sites is 1. The number of benzene rings is 1. The van der Waals surface area contributed by atoms with Crippen LogP contribution in [-0.2, 0) is 9.53 Å². The first-order valence-corrected chi connectivity index (χ1v) is 8.64. The van der Waals surface area contributed by atoms with Crippen LogP contribution in [-0.4, -0.2) is 74.3 Å². The smallest absolute Gasteiger partial charge is 0.317 e. The topological polar surface area (TPSA) is 71.1 Å². The van der Waals surface area contributed by atoms with Crippen molar-refractivity contribution in [1.82, 2.24) is 15.1 Å². The number of carbonyl (C=O) groups excluding carboxylic acids is 2. The molecule has 0 aromatic heterocycles. The Bertz CT molecular complexity index is 545. The fourth-order valence-corrected chi connectivity index (χ4v) is 2.64. The standard InChI is InChI=1S/C18H27N3O4/c1-3-15(13-24-2)19-18(23)21-11-9-20(10-12-21)17(22)14-25-16-7-5-4-6-8-16/h4-8,15H,3,9-14H2,1-2H3,(H,19,23)/t15-/m1/s1. The van der Waals surface area contributed by atoms with E-state index in [1.165, 1.54) is 0 Å². The minimum absolute atomic E-state index is 0.0106. The van der Waals surface area contributed by atoms with E-state index in [1.54, 1.807) is 16.9 Å². The van der Waals surface area contributed by atoms with Crippen molar-refractivity contribution in [2.75, 3.05) is 46.5 Å². The lowest BCUT2D eigenvalue weighted by atomic mass is 10.2. The van der Waals surface area contributed by atoms with Gasteiger partial charge >= 0.3 is 6.03 Å². The predicted octanol–water partition coefficient (Wildman–Crippen LogP) is 1.34. The molecule has 1 aliphatic heterocycles. The van der Waals surface area contributed by atoms with Crippen LogP contribution in [0.3, 0.4) is 0 Å². The number of urea groups is 1. The minimum atomic E-state index is -0.100. The van der Waals surface area contributed by atoms with Gasteiger partial charge in [0.25, 0.3) is 5.91 Å². The molecule has 3 amide bonds. The molecule has 138 valence electrons. The van der Waals surface area contributed by atoms with Crippen LogP contribution in [0.1, 0.15) is 13.3 Å². The third kappa shape index (κ3) is 5.94. The maximum Gasteiger partial charge on any atom is 0.317 e. The number of rotatable bonds is 7. The molecular formula is C18H27N3O4. The van der Waals surface area contributed by atoms with E-state index in [-0.39, 0.29) is 24.6 Å². The number of hydrogen-bond acceptors (Lipinski definition) is 4. The first-order valence-electron chi connectivity index (χ1n) is 8.64. The van der Waals surface area contributed by atoms with Gasteiger partial charge in [-0.15, -0.1) is 0 Å². The summed E-state index contributed by atoms with van der Waals surface area (Å²) in [5, 5.41) is 2.96. The molecule has 1 atom stereocenters.